The summed E-state index contributed by atoms with van der Waals surface area (Å²) in [4.78, 5) is 0. The van der Waals surface area contributed by atoms with E-state index in [2.05, 4.69) is 5.32 Å². The fourth-order valence-corrected chi connectivity index (χ4v) is 1.75. The number of hydrogen-bond acceptors (Lipinski definition) is 3. The summed E-state index contributed by atoms with van der Waals surface area (Å²) in [7, 11) is 1.79. The number of halogens is 2. The summed E-state index contributed by atoms with van der Waals surface area (Å²) >= 11 is 5.83. The molecule has 3 nitrogen and oxygen atoms in total. The summed E-state index contributed by atoms with van der Waals surface area (Å²) in [5.74, 6) is -0.528. The van der Waals surface area contributed by atoms with Gasteiger partial charge in [0.25, 0.3) is 0 Å². The highest BCUT2D eigenvalue weighted by molar-refractivity contribution is 6.31. The zero-order chi connectivity index (χ0) is 12.1. The molecule has 4 N–H and O–H groups in total. The second-order valence-corrected chi connectivity index (χ2v) is 4.04. The maximum atomic E-state index is 13.5. The van der Waals surface area contributed by atoms with Gasteiger partial charge < -0.3 is 16.2 Å². The van der Waals surface area contributed by atoms with Crippen LogP contribution in [0.5, 0.6) is 0 Å². The second-order valence-electron chi connectivity index (χ2n) is 3.64. The first kappa shape index (κ1) is 13.4. The number of aliphatic hydroxyl groups is 1. The van der Waals surface area contributed by atoms with Gasteiger partial charge in [0.1, 0.15) is 5.82 Å². The third-order valence-electron chi connectivity index (χ3n) is 2.43. The van der Waals surface area contributed by atoms with Gasteiger partial charge >= 0.3 is 0 Å². The smallest absolute Gasteiger partial charge is 0.130 e. The number of benzene rings is 1. The molecule has 0 aliphatic carbocycles. The zero-order valence-electron chi connectivity index (χ0n) is 9.08. The van der Waals surface area contributed by atoms with Crippen LogP contribution in [0.3, 0.4) is 0 Å². The highest BCUT2D eigenvalue weighted by Gasteiger charge is 2.22. The van der Waals surface area contributed by atoms with Crippen LogP contribution in [0.1, 0.15) is 18.1 Å². The minimum absolute atomic E-state index is 0.0766. The van der Waals surface area contributed by atoms with Crippen LogP contribution in [0, 0.1) is 5.82 Å². The molecule has 0 saturated heterocycles. The minimum Gasteiger partial charge on any atom is -0.387 e. The van der Waals surface area contributed by atoms with E-state index in [1.165, 1.54) is 18.2 Å². The van der Waals surface area contributed by atoms with Gasteiger partial charge in [0.05, 0.1) is 6.10 Å². The van der Waals surface area contributed by atoms with Crippen LogP contribution in [0.4, 0.5) is 4.39 Å². The second kappa shape index (κ2) is 6.15. The maximum Gasteiger partial charge on any atom is 0.130 e. The molecule has 0 amide bonds. The van der Waals surface area contributed by atoms with Crippen molar-refractivity contribution in [2.75, 3.05) is 13.6 Å². The van der Waals surface area contributed by atoms with Crippen molar-refractivity contribution < 1.29 is 9.50 Å². The Morgan fingerprint density at radius 2 is 2.25 bits per heavy atom. The molecule has 0 aliphatic rings. The molecule has 0 aliphatic heterocycles. The van der Waals surface area contributed by atoms with Crippen LogP contribution in [-0.4, -0.2) is 24.7 Å². The fraction of sp³-hybridized carbons (Fsp3) is 0.455. The van der Waals surface area contributed by atoms with Gasteiger partial charge in [0.15, 0.2) is 0 Å². The number of nitrogens with one attached hydrogen (secondary N) is 1. The number of hydrogen-bond donors (Lipinski definition) is 3. The van der Waals surface area contributed by atoms with E-state index in [0.29, 0.717) is 13.0 Å². The molecule has 1 rings (SSSR count). The Kier molecular flexibility index (Phi) is 5.15. The van der Waals surface area contributed by atoms with Crippen molar-refractivity contribution in [3.8, 4) is 0 Å². The minimum atomic E-state index is -1.08. The standard InChI is InChI=1S/C11H16ClFN2O/c1-15-6-5-9(14)11(16)10-7(12)3-2-4-8(10)13/h2-4,9,11,15-16H,5-6,14H2,1H3. The van der Waals surface area contributed by atoms with Crippen molar-refractivity contribution in [1.82, 2.24) is 5.32 Å². The quantitative estimate of drug-likeness (QED) is 0.737. The Labute approximate surface area is 99.4 Å². The van der Waals surface area contributed by atoms with Crippen molar-refractivity contribution in [1.29, 1.82) is 0 Å². The van der Waals surface area contributed by atoms with Crippen molar-refractivity contribution in [3.63, 3.8) is 0 Å². The molecule has 1 aromatic carbocycles. The Morgan fingerprint density at radius 1 is 1.56 bits per heavy atom. The lowest BCUT2D eigenvalue weighted by Crippen LogP contribution is -2.32. The normalized spacial score (nSPS) is 14.8. The van der Waals surface area contributed by atoms with Crippen LogP contribution in [0.2, 0.25) is 5.02 Å². The maximum absolute atomic E-state index is 13.5. The molecule has 0 heterocycles. The third kappa shape index (κ3) is 3.15. The fourth-order valence-electron chi connectivity index (χ4n) is 1.48. The van der Waals surface area contributed by atoms with Gasteiger partial charge in [-0.25, -0.2) is 4.39 Å². The lowest BCUT2D eigenvalue weighted by Gasteiger charge is -2.20. The van der Waals surface area contributed by atoms with Gasteiger partial charge in [-0.05, 0) is 32.1 Å². The van der Waals surface area contributed by atoms with Crippen molar-refractivity contribution in [2.45, 2.75) is 18.6 Å². The highest BCUT2D eigenvalue weighted by atomic mass is 35.5. The van der Waals surface area contributed by atoms with Crippen molar-refractivity contribution in [2.24, 2.45) is 5.73 Å². The molecule has 2 unspecified atom stereocenters. The first-order valence-corrected chi connectivity index (χ1v) is 5.48. The Hall–Kier alpha value is -0.680. The van der Waals surface area contributed by atoms with Gasteiger partial charge in [-0.15, -0.1) is 0 Å². The molecule has 0 aromatic heterocycles. The van der Waals surface area contributed by atoms with E-state index in [1.54, 1.807) is 7.05 Å². The summed E-state index contributed by atoms with van der Waals surface area (Å²) in [6.07, 6.45) is -0.537. The van der Waals surface area contributed by atoms with Crippen LogP contribution in [0.15, 0.2) is 18.2 Å². The molecule has 0 spiro atoms. The van der Waals surface area contributed by atoms with E-state index in [9.17, 15) is 9.50 Å². The van der Waals surface area contributed by atoms with Crippen LogP contribution in [0.25, 0.3) is 0 Å². The van der Waals surface area contributed by atoms with Crippen molar-refractivity contribution >= 4 is 11.6 Å². The molecule has 1 aromatic rings. The molecule has 5 heteroatoms. The molecular formula is C11H16ClFN2O. The molecule has 0 radical (unpaired) electrons. The van der Waals surface area contributed by atoms with Gasteiger partial charge in [-0.3, -0.25) is 0 Å². The van der Waals surface area contributed by atoms with Crippen molar-refractivity contribution in [3.05, 3.63) is 34.6 Å². The monoisotopic (exact) mass is 246 g/mol. The molecule has 2 atom stereocenters. The predicted octanol–water partition coefficient (Wildman–Crippen LogP) is 1.45. The topological polar surface area (TPSA) is 58.3 Å². The Morgan fingerprint density at radius 3 is 2.81 bits per heavy atom. The molecule has 0 bridgehead atoms. The van der Waals surface area contributed by atoms with E-state index < -0.39 is 18.0 Å². The molecule has 16 heavy (non-hydrogen) atoms. The lowest BCUT2D eigenvalue weighted by molar-refractivity contribution is 0.138. The first-order chi connectivity index (χ1) is 7.57. The number of rotatable bonds is 5. The van der Waals surface area contributed by atoms with Crippen LogP contribution < -0.4 is 11.1 Å². The number of aliphatic hydroxyl groups excluding tert-OH is 1. The zero-order valence-corrected chi connectivity index (χ0v) is 9.84. The van der Waals surface area contributed by atoms with E-state index in [-0.39, 0.29) is 10.6 Å². The van der Waals surface area contributed by atoms with Crippen LogP contribution in [-0.2, 0) is 0 Å². The number of nitrogens with two attached hydrogens (primary N) is 1. The molecular weight excluding hydrogens is 231 g/mol. The van der Waals surface area contributed by atoms with E-state index in [0.717, 1.165) is 0 Å². The SMILES string of the molecule is CNCCC(N)C(O)c1c(F)cccc1Cl. The molecule has 90 valence electrons. The molecule has 0 fully saturated rings. The summed E-state index contributed by atoms with van der Waals surface area (Å²) in [5, 5.41) is 13.0. The van der Waals surface area contributed by atoms with Gasteiger partial charge in [0.2, 0.25) is 0 Å². The van der Waals surface area contributed by atoms with Crippen LogP contribution >= 0.6 is 11.6 Å². The molecule has 0 saturated carbocycles. The van der Waals surface area contributed by atoms with E-state index >= 15 is 0 Å². The van der Waals surface area contributed by atoms with Gasteiger partial charge in [-0.1, -0.05) is 17.7 Å². The Balaban J connectivity index is 2.82. The van der Waals surface area contributed by atoms with Gasteiger partial charge in [-0.2, -0.15) is 0 Å². The average molecular weight is 247 g/mol. The van der Waals surface area contributed by atoms with E-state index in [4.69, 9.17) is 17.3 Å². The van der Waals surface area contributed by atoms with E-state index in [1.807, 2.05) is 0 Å². The third-order valence-corrected chi connectivity index (χ3v) is 2.76. The highest BCUT2D eigenvalue weighted by Crippen LogP contribution is 2.27. The Bertz CT molecular complexity index is 329. The lowest BCUT2D eigenvalue weighted by atomic mass is 10.00. The first-order valence-electron chi connectivity index (χ1n) is 5.10. The summed E-state index contributed by atoms with van der Waals surface area (Å²) in [5.41, 5.74) is 5.83. The van der Waals surface area contributed by atoms with Gasteiger partial charge in [0, 0.05) is 16.6 Å². The average Bonchev–Trinajstić information content (AvgIpc) is 2.25. The summed E-state index contributed by atoms with van der Waals surface area (Å²) in [6, 6.07) is 3.75. The predicted molar refractivity (Wildman–Crippen MR) is 62.9 cm³/mol. The summed E-state index contributed by atoms with van der Waals surface area (Å²) < 4.78 is 13.5. The largest absolute Gasteiger partial charge is 0.387 e. The summed E-state index contributed by atoms with van der Waals surface area (Å²) in [6.45, 7) is 0.657.